The Morgan fingerprint density at radius 3 is 2.52 bits per heavy atom. The zero-order valence-corrected chi connectivity index (χ0v) is 16.8. The Bertz CT molecular complexity index is 823. The van der Waals surface area contributed by atoms with Gasteiger partial charge in [0, 0.05) is 12.2 Å². The second kappa shape index (κ2) is 9.25. The number of unbranched alkanes of at least 4 members (excludes halogenated alkanes) is 3. The summed E-state index contributed by atoms with van der Waals surface area (Å²) < 4.78 is 0. The van der Waals surface area contributed by atoms with Gasteiger partial charge < -0.3 is 0 Å². The third-order valence-electron chi connectivity index (χ3n) is 4.56. The quantitative estimate of drug-likeness (QED) is 0.545. The fourth-order valence-electron chi connectivity index (χ4n) is 3.19. The van der Waals surface area contributed by atoms with E-state index in [0.29, 0.717) is 28.1 Å². The Hall–Kier alpha value is -2.04. The van der Waals surface area contributed by atoms with Crippen LogP contribution in [0.2, 0.25) is 10.0 Å². The number of rotatable bonds is 7. The van der Waals surface area contributed by atoms with E-state index in [2.05, 4.69) is 12.2 Å². The maximum atomic E-state index is 12.8. The Balaban J connectivity index is 1.92. The van der Waals surface area contributed by atoms with Crippen molar-refractivity contribution in [2.24, 2.45) is 4.99 Å². The van der Waals surface area contributed by atoms with Crippen molar-refractivity contribution in [1.29, 1.82) is 0 Å². The number of amides is 2. The molecular formula is C21H23Cl2N3O. The van der Waals surface area contributed by atoms with Gasteiger partial charge in [-0.1, -0.05) is 79.7 Å². The summed E-state index contributed by atoms with van der Waals surface area (Å²) >= 11 is 12.2. The average molecular weight is 404 g/mol. The summed E-state index contributed by atoms with van der Waals surface area (Å²) in [5, 5.41) is 3.81. The summed E-state index contributed by atoms with van der Waals surface area (Å²) in [4.78, 5) is 19.1. The molecule has 3 rings (SSSR count). The molecule has 1 aliphatic heterocycles. The highest BCUT2D eigenvalue weighted by Crippen LogP contribution is 2.35. The molecule has 0 aliphatic carbocycles. The lowest BCUT2D eigenvalue weighted by Crippen LogP contribution is -2.29. The third-order valence-corrected chi connectivity index (χ3v) is 5.30. The van der Waals surface area contributed by atoms with Crippen LogP contribution in [0.5, 0.6) is 0 Å². The molecular weight excluding hydrogens is 381 g/mol. The molecule has 0 spiro atoms. The standard InChI is InChI=1S/C21H23Cl2N3O/c1-2-3-4-8-13-24-20-19(15-9-6-5-7-10-15)26(21(27)25-20)16-11-12-17(22)18(23)14-16/h5-7,9-12,14,19H,2-4,8,13H2,1H3,(H,24,25,27). The lowest BCUT2D eigenvalue weighted by atomic mass is 10.0. The van der Waals surface area contributed by atoms with Crippen molar-refractivity contribution in [3.8, 4) is 0 Å². The highest BCUT2D eigenvalue weighted by molar-refractivity contribution is 6.42. The number of hydrogen-bond donors (Lipinski definition) is 1. The Morgan fingerprint density at radius 1 is 1.04 bits per heavy atom. The normalized spacial score (nSPS) is 18.2. The van der Waals surface area contributed by atoms with Crippen molar-refractivity contribution in [2.45, 2.75) is 38.6 Å². The van der Waals surface area contributed by atoms with Crippen LogP contribution in [0.4, 0.5) is 10.5 Å². The largest absolute Gasteiger partial charge is 0.328 e. The Kier molecular flexibility index (Phi) is 6.75. The molecule has 2 aromatic carbocycles. The first-order valence-corrected chi connectivity index (χ1v) is 10.0. The molecule has 6 heteroatoms. The number of anilines is 1. The average Bonchev–Trinajstić information content (AvgIpc) is 3.00. The van der Waals surface area contributed by atoms with Gasteiger partial charge in [-0.2, -0.15) is 0 Å². The Labute approximate surface area is 170 Å². The van der Waals surface area contributed by atoms with Crippen LogP contribution in [-0.2, 0) is 0 Å². The number of halogens is 2. The first kappa shape index (κ1) is 19.7. The molecule has 0 saturated carbocycles. The van der Waals surface area contributed by atoms with Crippen molar-refractivity contribution >= 4 is 40.8 Å². The summed E-state index contributed by atoms with van der Waals surface area (Å²) in [7, 11) is 0. The predicted octanol–water partition coefficient (Wildman–Crippen LogP) is 6.24. The van der Waals surface area contributed by atoms with Crippen molar-refractivity contribution in [1.82, 2.24) is 5.32 Å². The van der Waals surface area contributed by atoms with Gasteiger partial charge in [-0.3, -0.25) is 15.2 Å². The minimum atomic E-state index is -0.304. The molecule has 0 aromatic heterocycles. The highest BCUT2D eigenvalue weighted by Gasteiger charge is 2.38. The number of nitrogens with one attached hydrogen (secondary N) is 1. The smallest absolute Gasteiger partial charge is 0.294 e. The molecule has 1 aliphatic rings. The zero-order valence-electron chi connectivity index (χ0n) is 15.3. The van der Waals surface area contributed by atoms with Crippen molar-refractivity contribution in [2.75, 3.05) is 11.4 Å². The van der Waals surface area contributed by atoms with Crippen LogP contribution in [0.1, 0.15) is 44.2 Å². The predicted molar refractivity (Wildman–Crippen MR) is 113 cm³/mol. The second-order valence-corrected chi connectivity index (χ2v) is 7.35. The van der Waals surface area contributed by atoms with E-state index < -0.39 is 0 Å². The van der Waals surface area contributed by atoms with E-state index in [1.807, 2.05) is 30.3 Å². The molecule has 1 heterocycles. The molecule has 1 saturated heterocycles. The van der Waals surface area contributed by atoms with E-state index in [4.69, 9.17) is 28.2 Å². The van der Waals surface area contributed by atoms with Gasteiger partial charge in [0.25, 0.3) is 0 Å². The highest BCUT2D eigenvalue weighted by atomic mass is 35.5. The van der Waals surface area contributed by atoms with E-state index in [1.165, 1.54) is 12.8 Å². The monoisotopic (exact) mass is 403 g/mol. The molecule has 1 fully saturated rings. The van der Waals surface area contributed by atoms with E-state index in [1.54, 1.807) is 23.1 Å². The van der Waals surface area contributed by atoms with E-state index >= 15 is 0 Å². The van der Waals surface area contributed by atoms with Gasteiger partial charge in [0.15, 0.2) is 0 Å². The molecule has 0 radical (unpaired) electrons. The van der Waals surface area contributed by atoms with E-state index in [9.17, 15) is 4.79 Å². The topological polar surface area (TPSA) is 44.7 Å². The van der Waals surface area contributed by atoms with E-state index in [0.717, 1.165) is 18.4 Å². The van der Waals surface area contributed by atoms with Gasteiger partial charge in [-0.15, -0.1) is 0 Å². The molecule has 142 valence electrons. The maximum Gasteiger partial charge on any atom is 0.328 e. The molecule has 1 unspecified atom stereocenters. The maximum absolute atomic E-state index is 12.8. The zero-order chi connectivity index (χ0) is 19.2. The van der Waals surface area contributed by atoms with Crippen LogP contribution in [0.15, 0.2) is 53.5 Å². The van der Waals surface area contributed by atoms with Gasteiger partial charge >= 0.3 is 6.03 Å². The number of amidine groups is 1. The third kappa shape index (κ3) is 4.63. The van der Waals surface area contributed by atoms with Crippen LogP contribution < -0.4 is 10.2 Å². The molecule has 1 atom stereocenters. The first-order valence-electron chi connectivity index (χ1n) is 9.26. The number of carbonyl (C=O) groups excluding carboxylic acids is 1. The molecule has 0 bridgehead atoms. The van der Waals surface area contributed by atoms with Gasteiger partial charge in [0.2, 0.25) is 0 Å². The molecule has 1 N–H and O–H groups in total. The fraction of sp³-hybridized carbons (Fsp3) is 0.333. The van der Waals surface area contributed by atoms with Crippen LogP contribution in [0.25, 0.3) is 0 Å². The minimum absolute atomic E-state index is 0.213. The van der Waals surface area contributed by atoms with Crippen molar-refractivity contribution in [3.63, 3.8) is 0 Å². The lowest BCUT2D eigenvalue weighted by molar-refractivity contribution is 0.252. The minimum Gasteiger partial charge on any atom is -0.294 e. The van der Waals surface area contributed by atoms with Crippen LogP contribution in [-0.4, -0.2) is 18.4 Å². The van der Waals surface area contributed by atoms with Crippen LogP contribution in [0, 0.1) is 0 Å². The fourth-order valence-corrected chi connectivity index (χ4v) is 3.48. The number of urea groups is 1. The van der Waals surface area contributed by atoms with Crippen molar-refractivity contribution in [3.05, 3.63) is 64.1 Å². The first-order chi connectivity index (χ1) is 13.1. The summed E-state index contributed by atoms with van der Waals surface area (Å²) in [6.07, 6.45) is 4.55. The van der Waals surface area contributed by atoms with Crippen LogP contribution in [0.3, 0.4) is 0 Å². The lowest BCUT2D eigenvalue weighted by Gasteiger charge is -2.23. The number of nitrogens with zero attached hydrogens (tertiary/aromatic N) is 2. The molecule has 27 heavy (non-hydrogen) atoms. The molecule has 2 amide bonds. The Morgan fingerprint density at radius 2 is 1.81 bits per heavy atom. The molecule has 4 nitrogen and oxygen atoms in total. The molecule has 2 aromatic rings. The SMILES string of the molecule is CCCCCCN=C1NC(=O)N(c2ccc(Cl)c(Cl)c2)C1c1ccccc1. The van der Waals surface area contributed by atoms with E-state index in [-0.39, 0.29) is 12.1 Å². The van der Waals surface area contributed by atoms with Crippen LogP contribution >= 0.6 is 23.2 Å². The number of aliphatic imine (C=N–C) groups is 1. The van der Waals surface area contributed by atoms with Gasteiger partial charge in [-0.25, -0.2) is 4.79 Å². The van der Waals surface area contributed by atoms with Gasteiger partial charge in [-0.05, 0) is 30.2 Å². The summed E-state index contributed by atoms with van der Waals surface area (Å²) in [6.45, 7) is 2.89. The second-order valence-electron chi connectivity index (χ2n) is 6.54. The van der Waals surface area contributed by atoms with Crippen molar-refractivity contribution < 1.29 is 4.79 Å². The summed E-state index contributed by atoms with van der Waals surface area (Å²) in [5.41, 5.74) is 1.68. The number of carbonyl (C=O) groups is 1. The van der Waals surface area contributed by atoms with Gasteiger partial charge in [0.05, 0.1) is 10.0 Å². The van der Waals surface area contributed by atoms with Gasteiger partial charge in [0.1, 0.15) is 11.9 Å². The summed E-state index contributed by atoms with van der Waals surface area (Å²) in [6, 6.07) is 14.6. The summed E-state index contributed by atoms with van der Waals surface area (Å²) in [5.74, 6) is 0.675. The number of hydrogen-bond acceptors (Lipinski definition) is 2. The number of benzene rings is 2.